The highest BCUT2D eigenvalue weighted by atomic mass is 32.1. The van der Waals surface area contributed by atoms with Crippen molar-refractivity contribution < 1.29 is 14.7 Å². The number of carbonyl (C=O) groups is 2. The lowest BCUT2D eigenvalue weighted by Crippen LogP contribution is -2.21. The van der Waals surface area contributed by atoms with E-state index in [0.29, 0.717) is 11.4 Å². The fourth-order valence-corrected chi connectivity index (χ4v) is 3.48. The molecule has 21 heavy (non-hydrogen) atoms. The van der Waals surface area contributed by atoms with Gasteiger partial charge in [0.15, 0.2) is 0 Å². The molecule has 2 N–H and O–H groups in total. The molecule has 0 aromatic carbocycles. The molecule has 0 aliphatic heterocycles. The lowest BCUT2D eigenvalue weighted by atomic mass is 10.3. The second-order valence-corrected chi connectivity index (χ2v) is 6.96. The maximum absolute atomic E-state index is 12.0. The summed E-state index contributed by atoms with van der Waals surface area (Å²) in [4.78, 5) is 26.2. The molecular formula is C15H15NO3S2. The van der Waals surface area contributed by atoms with Crippen LogP contribution >= 0.6 is 22.7 Å². The quantitative estimate of drug-likeness (QED) is 0.829. The Hall–Kier alpha value is -1.92. The second-order valence-electron chi connectivity index (χ2n) is 4.51. The minimum absolute atomic E-state index is 0.0766. The van der Waals surface area contributed by atoms with Crippen LogP contribution in [0.5, 0.6) is 0 Å². The Balaban J connectivity index is 1.94. The molecule has 0 spiro atoms. The predicted octanol–water partition coefficient (Wildman–Crippen LogP) is 3.45. The number of amides is 1. The summed E-state index contributed by atoms with van der Waals surface area (Å²) in [5, 5.41) is 11.4. The second kappa shape index (κ2) is 6.69. The number of rotatable bonds is 5. The third kappa shape index (κ3) is 4.27. The smallest absolute Gasteiger partial charge is 0.328 e. The van der Waals surface area contributed by atoms with E-state index in [1.54, 1.807) is 6.08 Å². The number of carbonyl (C=O) groups excluding carboxylic acids is 1. The van der Waals surface area contributed by atoms with Gasteiger partial charge in [0.1, 0.15) is 0 Å². The maximum atomic E-state index is 12.0. The highest BCUT2D eigenvalue weighted by molar-refractivity contribution is 7.14. The standard InChI is InChI=1S/C15H15NO3S2/c1-9-7-13(20-10(9)2)15(19)16-8-12-4-3-11(21-12)5-6-14(17)18/h3-7H,8H2,1-2H3,(H,16,19)(H,17,18). The molecule has 6 heteroatoms. The highest BCUT2D eigenvalue weighted by Gasteiger charge is 2.10. The summed E-state index contributed by atoms with van der Waals surface area (Å²) in [7, 11) is 0. The Morgan fingerprint density at radius 3 is 2.67 bits per heavy atom. The van der Waals surface area contributed by atoms with Crippen LogP contribution in [0.1, 0.15) is 29.9 Å². The zero-order valence-electron chi connectivity index (χ0n) is 11.7. The predicted molar refractivity (Wildman–Crippen MR) is 86.0 cm³/mol. The first-order chi connectivity index (χ1) is 9.95. The van der Waals surface area contributed by atoms with Gasteiger partial charge in [-0.15, -0.1) is 22.7 Å². The van der Waals surface area contributed by atoms with Crippen molar-refractivity contribution in [1.82, 2.24) is 5.32 Å². The molecular weight excluding hydrogens is 306 g/mol. The number of nitrogens with one attached hydrogen (secondary N) is 1. The molecule has 0 atom stereocenters. The molecule has 0 aliphatic rings. The molecule has 0 saturated carbocycles. The number of thiophene rings is 2. The van der Waals surface area contributed by atoms with E-state index in [4.69, 9.17) is 5.11 Å². The molecule has 2 aromatic rings. The van der Waals surface area contributed by atoms with E-state index in [9.17, 15) is 9.59 Å². The van der Waals surface area contributed by atoms with Gasteiger partial charge in [-0.1, -0.05) is 0 Å². The van der Waals surface area contributed by atoms with Gasteiger partial charge >= 0.3 is 5.97 Å². The normalized spacial score (nSPS) is 11.0. The Labute approximate surface area is 130 Å². The molecule has 2 aromatic heterocycles. The minimum atomic E-state index is -0.971. The van der Waals surface area contributed by atoms with Crippen LogP contribution in [0.2, 0.25) is 0 Å². The van der Waals surface area contributed by atoms with Gasteiger partial charge in [0.25, 0.3) is 5.91 Å². The first-order valence-corrected chi connectivity index (χ1v) is 7.94. The van der Waals surface area contributed by atoms with Crippen LogP contribution in [0.4, 0.5) is 0 Å². The molecule has 2 heterocycles. The van der Waals surface area contributed by atoms with Crippen LogP contribution in [0.25, 0.3) is 6.08 Å². The van der Waals surface area contributed by atoms with Gasteiger partial charge in [-0.3, -0.25) is 4.79 Å². The van der Waals surface area contributed by atoms with Crippen molar-refractivity contribution in [3.8, 4) is 0 Å². The number of hydrogen-bond donors (Lipinski definition) is 2. The molecule has 4 nitrogen and oxygen atoms in total. The summed E-state index contributed by atoms with van der Waals surface area (Å²) in [5.74, 6) is -1.05. The molecule has 0 saturated heterocycles. The summed E-state index contributed by atoms with van der Waals surface area (Å²) in [5.41, 5.74) is 1.13. The summed E-state index contributed by atoms with van der Waals surface area (Å²) in [6, 6.07) is 5.62. The van der Waals surface area contributed by atoms with E-state index in [2.05, 4.69) is 5.32 Å². The third-order valence-electron chi connectivity index (χ3n) is 2.89. The molecule has 0 aliphatic carbocycles. The monoisotopic (exact) mass is 321 g/mol. The van der Waals surface area contributed by atoms with Crippen molar-refractivity contribution in [3.63, 3.8) is 0 Å². The number of aryl methyl sites for hydroxylation is 2. The van der Waals surface area contributed by atoms with Crippen molar-refractivity contribution in [2.45, 2.75) is 20.4 Å². The lowest BCUT2D eigenvalue weighted by molar-refractivity contribution is -0.131. The third-order valence-corrected chi connectivity index (χ3v) is 5.09. The van der Waals surface area contributed by atoms with Gasteiger partial charge < -0.3 is 10.4 Å². The molecule has 2 rings (SSSR count). The summed E-state index contributed by atoms with van der Waals surface area (Å²) in [6.07, 6.45) is 2.65. The van der Waals surface area contributed by atoms with Gasteiger partial charge in [-0.05, 0) is 43.7 Å². The van der Waals surface area contributed by atoms with Crippen molar-refractivity contribution in [2.24, 2.45) is 0 Å². The maximum Gasteiger partial charge on any atom is 0.328 e. The van der Waals surface area contributed by atoms with Crippen molar-refractivity contribution in [1.29, 1.82) is 0 Å². The van der Waals surface area contributed by atoms with Crippen LogP contribution in [-0.4, -0.2) is 17.0 Å². The number of hydrogen-bond acceptors (Lipinski definition) is 4. The fourth-order valence-electron chi connectivity index (χ4n) is 1.67. The van der Waals surface area contributed by atoms with Crippen LogP contribution in [0.3, 0.4) is 0 Å². The summed E-state index contributed by atoms with van der Waals surface area (Å²) < 4.78 is 0. The van der Waals surface area contributed by atoms with E-state index in [0.717, 1.165) is 26.3 Å². The van der Waals surface area contributed by atoms with Crippen LogP contribution < -0.4 is 5.32 Å². The minimum Gasteiger partial charge on any atom is -0.478 e. The van der Waals surface area contributed by atoms with Crippen LogP contribution in [0, 0.1) is 13.8 Å². The first kappa shape index (κ1) is 15.5. The van der Waals surface area contributed by atoms with Gasteiger partial charge in [0.05, 0.1) is 11.4 Å². The topological polar surface area (TPSA) is 66.4 Å². The van der Waals surface area contributed by atoms with E-state index in [1.807, 2.05) is 32.0 Å². The highest BCUT2D eigenvalue weighted by Crippen LogP contribution is 2.21. The van der Waals surface area contributed by atoms with Gasteiger partial charge in [0, 0.05) is 20.7 Å². The molecule has 0 fully saturated rings. The SMILES string of the molecule is Cc1cc(C(=O)NCc2ccc(C=CC(=O)O)s2)sc1C. The van der Waals surface area contributed by atoms with Gasteiger partial charge in [-0.2, -0.15) is 0 Å². The Kier molecular flexibility index (Phi) is 4.93. The van der Waals surface area contributed by atoms with E-state index < -0.39 is 5.97 Å². The number of aliphatic carboxylic acids is 1. The van der Waals surface area contributed by atoms with E-state index in [-0.39, 0.29) is 5.91 Å². The fraction of sp³-hybridized carbons (Fsp3) is 0.200. The zero-order chi connectivity index (χ0) is 15.4. The molecule has 1 amide bonds. The molecule has 110 valence electrons. The average molecular weight is 321 g/mol. The Morgan fingerprint density at radius 2 is 2.05 bits per heavy atom. The van der Waals surface area contributed by atoms with Crippen molar-refractivity contribution in [2.75, 3.05) is 0 Å². The molecule has 0 unspecified atom stereocenters. The Morgan fingerprint density at radius 1 is 1.29 bits per heavy atom. The van der Waals surface area contributed by atoms with Gasteiger partial charge in [-0.25, -0.2) is 4.79 Å². The van der Waals surface area contributed by atoms with Crippen LogP contribution in [0.15, 0.2) is 24.3 Å². The van der Waals surface area contributed by atoms with Gasteiger partial charge in [0.2, 0.25) is 0 Å². The van der Waals surface area contributed by atoms with Crippen LogP contribution in [-0.2, 0) is 11.3 Å². The largest absolute Gasteiger partial charge is 0.478 e. The zero-order valence-corrected chi connectivity index (χ0v) is 13.3. The van der Waals surface area contributed by atoms with E-state index in [1.165, 1.54) is 22.7 Å². The van der Waals surface area contributed by atoms with Crippen molar-refractivity contribution >= 4 is 40.6 Å². The Bertz CT molecular complexity index is 678. The lowest BCUT2D eigenvalue weighted by Gasteiger charge is -2.00. The van der Waals surface area contributed by atoms with Crippen molar-refractivity contribution in [3.05, 3.63) is 49.3 Å². The summed E-state index contributed by atoms with van der Waals surface area (Å²) >= 11 is 2.95. The number of carboxylic acid groups (broad SMARTS) is 1. The number of carboxylic acids is 1. The van der Waals surface area contributed by atoms with E-state index >= 15 is 0 Å². The molecule has 0 bridgehead atoms. The summed E-state index contributed by atoms with van der Waals surface area (Å²) in [6.45, 7) is 4.43. The first-order valence-electron chi connectivity index (χ1n) is 6.30. The average Bonchev–Trinajstić information content (AvgIpc) is 3.01. The molecule has 0 radical (unpaired) electrons.